The Hall–Kier alpha value is -2.11. The number of para-hydroxylation sites is 1. The molecule has 140 valence electrons. The van der Waals surface area contributed by atoms with E-state index in [2.05, 4.69) is 5.32 Å². The summed E-state index contributed by atoms with van der Waals surface area (Å²) >= 11 is 6.03. The molecule has 1 N–H and O–H groups in total. The molecule has 0 aliphatic carbocycles. The Labute approximate surface area is 158 Å². The minimum Gasteiger partial charge on any atom is -0.461 e. The number of hydrogen-bond donors (Lipinski definition) is 1. The maximum absolute atomic E-state index is 12.9. The molecule has 6 heteroatoms. The molecule has 5 nitrogen and oxygen atoms in total. The molecule has 0 saturated carbocycles. The number of aryl methyl sites for hydroxylation is 3. The first-order chi connectivity index (χ1) is 12.4. The quantitative estimate of drug-likeness (QED) is 0.770. The second-order valence-electron chi connectivity index (χ2n) is 5.85. The predicted octanol–water partition coefficient (Wildman–Crippen LogP) is 4.52. The van der Waals surface area contributed by atoms with Crippen LogP contribution in [0.15, 0.2) is 27.4 Å². The summed E-state index contributed by atoms with van der Waals surface area (Å²) in [5, 5.41) is 2.80. The molecule has 0 radical (unpaired) electrons. The van der Waals surface area contributed by atoms with Crippen molar-refractivity contribution in [2.24, 2.45) is 0 Å². The van der Waals surface area contributed by atoms with Crippen LogP contribution in [0.3, 0.4) is 0 Å². The zero-order valence-corrected chi connectivity index (χ0v) is 16.3. The van der Waals surface area contributed by atoms with Gasteiger partial charge in [-0.1, -0.05) is 43.6 Å². The Morgan fingerprint density at radius 2 is 1.81 bits per heavy atom. The third-order valence-electron chi connectivity index (χ3n) is 4.19. The van der Waals surface area contributed by atoms with E-state index in [1.807, 2.05) is 39.0 Å². The van der Waals surface area contributed by atoms with E-state index in [0.29, 0.717) is 6.61 Å². The second-order valence-corrected chi connectivity index (χ2v) is 6.23. The number of rotatable bonds is 7. The molecule has 1 heterocycles. The summed E-state index contributed by atoms with van der Waals surface area (Å²) in [5.74, 6) is -0.0830. The van der Waals surface area contributed by atoms with Gasteiger partial charge in [0.05, 0.1) is 0 Å². The molecule has 2 rings (SSSR count). The lowest BCUT2D eigenvalue weighted by Crippen LogP contribution is -2.26. The van der Waals surface area contributed by atoms with Gasteiger partial charge < -0.3 is 14.5 Å². The van der Waals surface area contributed by atoms with Gasteiger partial charge in [-0.15, -0.1) is 0 Å². The Bertz CT molecular complexity index is 835. The van der Waals surface area contributed by atoms with Crippen molar-refractivity contribution in [3.05, 3.63) is 61.7 Å². The molecule has 1 aromatic carbocycles. The van der Waals surface area contributed by atoms with Crippen molar-refractivity contribution < 1.29 is 13.9 Å². The minimum absolute atomic E-state index is 0.0303. The average Bonchev–Trinajstić information content (AvgIpc) is 2.64. The van der Waals surface area contributed by atoms with Crippen molar-refractivity contribution in [3.8, 4) is 0 Å². The van der Waals surface area contributed by atoms with Gasteiger partial charge in [-0.2, -0.15) is 0 Å². The van der Waals surface area contributed by atoms with E-state index >= 15 is 0 Å². The van der Waals surface area contributed by atoms with Crippen molar-refractivity contribution in [1.29, 1.82) is 0 Å². The Kier molecular flexibility index (Phi) is 7.00. The summed E-state index contributed by atoms with van der Waals surface area (Å²) in [4.78, 5) is 25.5. The van der Waals surface area contributed by atoms with E-state index in [1.165, 1.54) is 0 Å². The van der Waals surface area contributed by atoms with Crippen LogP contribution in [0.25, 0.3) is 0 Å². The molecule has 0 aliphatic rings. The van der Waals surface area contributed by atoms with Crippen molar-refractivity contribution in [2.75, 3.05) is 11.9 Å². The lowest BCUT2D eigenvalue weighted by molar-refractivity contribution is 0.0982. The first-order valence-electron chi connectivity index (χ1n) is 8.76. The summed E-state index contributed by atoms with van der Waals surface area (Å²) in [6, 6.07) is 5.88. The van der Waals surface area contributed by atoms with Gasteiger partial charge in [0.15, 0.2) is 0 Å². The Morgan fingerprint density at radius 1 is 1.19 bits per heavy atom. The van der Waals surface area contributed by atoms with E-state index < -0.39 is 11.3 Å². The lowest BCUT2D eigenvalue weighted by Gasteiger charge is -2.15. The van der Waals surface area contributed by atoms with E-state index in [4.69, 9.17) is 20.8 Å². The maximum atomic E-state index is 12.9. The van der Waals surface area contributed by atoms with Crippen LogP contribution >= 0.6 is 11.6 Å². The van der Waals surface area contributed by atoms with E-state index in [9.17, 15) is 9.59 Å². The predicted molar refractivity (Wildman–Crippen MR) is 103 cm³/mol. The highest BCUT2D eigenvalue weighted by molar-refractivity contribution is 6.31. The summed E-state index contributed by atoms with van der Waals surface area (Å²) in [6.07, 6.45) is 1.52. The van der Waals surface area contributed by atoms with Crippen LogP contribution in [0.1, 0.15) is 53.8 Å². The molecule has 0 aliphatic heterocycles. The summed E-state index contributed by atoms with van der Waals surface area (Å²) in [6.45, 7) is 7.91. The second kappa shape index (κ2) is 9.01. The Balaban J connectivity index is 2.51. The van der Waals surface area contributed by atoms with Gasteiger partial charge in [-0.05, 0) is 37.8 Å². The fourth-order valence-corrected chi connectivity index (χ4v) is 2.92. The van der Waals surface area contributed by atoms with Gasteiger partial charge in [0.25, 0.3) is 5.91 Å². The molecule has 0 fully saturated rings. The number of nitrogens with one attached hydrogen (secondary N) is 1. The fraction of sp³-hybridized carbons (Fsp3) is 0.400. The zero-order valence-electron chi connectivity index (χ0n) is 15.6. The first kappa shape index (κ1) is 20.2. The standard InChI is InChI=1S/C20H24ClNO4/c1-5-13-9-8-10-14(6-2)18(13)22-20(24)16-15(11-25-7-3)26-12(4)17(21)19(16)23/h8-10H,5-7,11H2,1-4H3,(H,22,24). The summed E-state index contributed by atoms with van der Waals surface area (Å²) in [7, 11) is 0. The van der Waals surface area contributed by atoms with Gasteiger partial charge in [0.2, 0.25) is 5.43 Å². The molecule has 0 saturated heterocycles. The number of carbonyl (C=O) groups excluding carboxylic acids is 1. The summed E-state index contributed by atoms with van der Waals surface area (Å²) in [5.41, 5.74) is 2.09. The van der Waals surface area contributed by atoms with Crippen molar-refractivity contribution in [3.63, 3.8) is 0 Å². The summed E-state index contributed by atoms with van der Waals surface area (Å²) < 4.78 is 10.9. The van der Waals surface area contributed by atoms with Crippen molar-refractivity contribution in [1.82, 2.24) is 0 Å². The van der Waals surface area contributed by atoms with Gasteiger partial charge >= 0.3 is 0 Å². The SMILES string of the molecule is CCOCc1oc(C)c(Cl)c(=O)c1C(=O)Nc1c(CC)cccc1CC. The first-order valence-corrected chi connectivity index (χ1v) is 9.14. The third kappa shape index (κ3) is 4.17. The highest BCUT2D eigenvalue weighted by Crippen LogP contribution is 2.24. The number of anilines is 1. The number of amides is 1. The number of ether oxygens (including phenoxy) is 1. The third-order valence-corrected chi connectivity index (χ3v) is 4.63. The van der Waals surface area contributed by atoms with Crippen molar-refractivity contribution >= 4 is 23.2 Å². The molecule has 1 amide bonds. The molecule has 2 aromatic rings. The zero-order chi connectivity index (χ0) is 19.3. The smallest absolute Gasteiger partial charge is 0.263 e. The highest BCUT2D eigenvalue weighted by Gasteiger charge is 2.23. The Morgan fingerprint density at radius 3 is 2.35 bits per heavy atom. The van der Waals surface area contributed by atoms with Crippen molar-refractivity contribution in [2.45, 2.75) is 47.1 Å². The van der Waals surface area contributed by atoms with Gasteiger partial charge in [-0.25, -0.2) is 0 Å². The van der Waals surface area contributed by atoms with Crippen LogP contribution in [-0.2, 0) is 24.2 Å². The van der Waals surface area contributed by atoms with E-state index in [0.717, 1.165) is 29.7 Å². The monoisotopic (exact) mass is 377 g/mol. The number of hydrogen-bond acceptors (Lipinski definition) is 4. The van der Waals surface area contributed by atoms with Crippen LogP contribution in [-0.4, -0.2) is 12.5 Å². The number of halogens is 1. The van der Waals surface area contributed by atoms with E-state index in [-0.39, 0.29) is 28.7 Å². The van der Waals surface area contributed by atoms with Crippen LogP contribution in [0.5, 0.6) is 0 Å². The maximum Gasteiger partial charge on any atom is 0.263 e. The van der Waals surface area contributed by atoms with Crippen LogP contribution in [0.2, 0.25) is 5.02 Å². The molecule has 0 bridgehead atoms. The van der Waals surface area contributed by atoms with E-state index in [1.54, 1.807) is 6.92 Å². The molecule has 1 aromatic heterocycles. The minimum atomic E-state index is -0.547. The molecule has 0 atom stereocenters. The molecule has 26 heavy (non-hydrogen) atoms. The highest BCUT2D eigenvalue weighted by atomic mass is 35.5. The van der Waals surface area contributed by atoms with Crippen LogP contribution in [0.4, 0.5) is 5.69 Å². The molecular formula is C20H24ClNO4. The number of carbonyl (C=O) groups is 1. The molecule has 0 spiro atoms. The molecule has 0 unspecified atom stereocenters. The average molecular weight is 378 g/mol. The lowest BCUT2D eigenvalue weighted by atomic mass is 10.0. The van der Waals surface area contributed by atoms with Crippen LogP contribution < -0.4 is 10.7 Å². The van der Waals surface area contributed by atoms with Gasteiger partial charge in [0, 0.05) is 12.3 Å². The van der Waals surface area contributed by atoms with Crippen LogP contribution in [0, 0.1) is 6.92 Å². The van der Waals surface area contributed by atoms with Gasteiger partial charge in [0.1, 0.15) is 28.7 Å². The topological polar surface area (TPSA) is 68.5 Å². The molecular weight excluding hydrogens is 354 g/mol. The normalized spacial score (nSPS) is 10.8. The largest absolute Gasteiger partial charge is 0.461 e. The van der Waals surface area contributed by atoms with Gasteiger partial charge in [-0.3, -0.25) is 9.59 Å². The number of benzene rings is 1. The fourth-order valence-electron chi connectivity index (χ4n) is 2.78.